The molecule has 156 valence electrons. The van der Waals surface area contributed by atoms with E-state index in [4.69, 9.17) is 9.47 Å². The molecule has 1 atom stereocenters. The maximum atomic E-state index is 11.9. The van der Waals surface area contributed by atoms with Gasteiger partial charge in [-0.05, 0) is 18.6 Å². The Balaban J connectivity index is 0.00000280. The van der Waals surface area contributed by atoms with Crippen molar-refractivity contribution in [3.63, 3.8) is 0 Å². The molecule has 7 nitrogen and oxygen atoms in total. The molecule has 1 unspecified atom stereocenters. The highest BCUT2D eigenvalue weighted by Gasteiger charge is 2.30. The van der Waals surface area contributed by atoms with Gasteiger partial charge >= 0.3 is 5.97 Å². The van der Waals surface area contributed by atoms with Gasteiger partial charge < -0.3 is 36.6 Å². The van der Waals surface area contributed by atoms with Crippen LogP contribution in [0.15, 0.2) is 24.3 Å². The first-order valence-electron chi connectivity index (χ1n) is 9.73. The number of benzene rings is 1. The number of ether oxygens (including phenoxy) is 2. The van der Waals surface area contributed by atoms with Crippen molar-refractivity contribution in [1.29, 1.82) is 0 Å². The molecule has 0 saturated carbocycles. The van der Waals surface area contributed by atoms with E-state index in [1.54, 1.807) is 7.11 Å². The van der Waals surface area contributed by atoms with Crippen LogP contribution in [0.25, 0.3) is 0 Å². The Kier molecular flexibility index (Phi) is 8.38. The number of nitrogens with zero attached hydrogens (tertiary/aromatic N) is 2. The summed E-state index contributed by atoms with van der Waals surface area (Å²) in [6.45, 7) is 7.23. The molecule has 0 spiro atoms. The lowest BCUT2D eigenvalue weighted by atomic mass is 10.2. The van der Waals surface area contributed by atoms with Gasteiger partial charge in [0.15, 0.2) is 6.10 Å². The van der Waals surface area contributed by atoms with Crippen LogP contribution in [0.1, 0.15) is 19.8 Å². The van der Waals surface area contributed by atoms with Gasteiger partial charge in [-0.15, -0.1) is 0 Å². The lowest BCUT2D eigenvalue weighted by Gasteiger charge is -2.36. The maximum absolute atomic E-state index is 11.9. The summed E-state index contributed by atoms with van der Waals surface area (Å²) in [6, 6.07) is 8.08. The minimum Gasteiger partial charge on any atom is -1.00 e. The predicted molar refractivity (Wildman–Crippen MR) is 102 cm³/mol. The second kappa shape index (κ2) is 10.5. The number of esters is 1. The van der Waals surface area contributed by atoms with Crippen molar-refractivity contribution in [2.24, 2.45) is 0 Å². The van der Waals surface area contributed by atoms with E-state index in [0.717, 1.165) is 57.1 Å². The molecule has 1 amide bonds. The molecule has 2 heterocycles. The summed E-state index contributed by atoms with van der Waals surface area (Å²) in [4.78, 5) is 29.0. The first-order valence-corrected chi connectivity index (χ1v) is 9.73. The molecule has 2 saturated heterocycles. The smallest absolute Gasteiger partial charge is 0.303 e. The average Bonchev–Trinajstić information content (AvgIpc) is 3.06. The van der Waals surface area contributed by atoms with E-state index in [9.17, 15) is 9.59 Å². The number of carbonyl (C=O) groups excluding carboxylic acids is 2. The maximum Gasteiger partial charge on any atom is 0.303 e. The van der Waals surface area contributed by atoms with Gasteiger partial charge in [0.1, 0.15) is 12.3 Å². The third kappa shape index (κ3) is 5.75. The van der Waals surface area contributed by atoms with Crippen molar-refractivity contribution < 1.29 is 36.4 Å². The van der Waals surface area contributed by atoms with Gasteiger partial charge in [0.2, 0.25) is 5.91 Å². The zero-order valence-electron chi connectivity index (χ0n) is 16.7. The number of hydrogen-bond acceptors (Lipinski definition) is 5. The molecule has 0 bridgehead atoms. The number of amides is 1. The fourth-order valence-electron chi connectivity index (χ4n) is 4.00. The topological polar surface area (TPSA) is 63.5 Å². The second-order valence-electron chi connectivity index (χ2n) is 7.29. The Hall–Kier alpha value is -1.99. The number of nitrogens with one attached hydrogen (secondary N) is 1. The molecule has 2 aliphatic heterocycles. The van der Waals surface area contributed by atoms with Crippen LogP contribution < -0.4 is 26.9 Å². The van der Waals surface area contributed by atoms with Crippen LogP contribution in [0.5, 0.6) is 5.75 Å². The molecule has 2 fully saturated rings. The monoisotopic (exact) mass is 411 g/mol. The third-order valence-corrected chi connectivity index (χ3v) is 5.34. The first kappa shape index (κ1) is 22.3. The number of methoxy groups -OCH3 is 1. The van der Waals surface area contributed by atoms with E-state index < -0.39 is 0 Å². The summed E-state index contributed by atoms with van der Waals surface area (Å²) >= 11 is 0. The summed E-state index contributed by atoms with van der Waals surface area (Å²) in [5.41, 5.74) is 1.12. The van der Waals surface area contributed by atoms with Crippen molar-refractivity contribution in [2.75, 3.05) is 57.8 Å². The van der Waals surface area contributed by atoms with Crippen LogP contribution >= 0.6 is 0 Å². The van der Waals surface area contributed by atoms with Crippen LogP contribution in [-0.4, -0.2) is 75.8 Å². The van der Waals surface area contributed by atoms with Crippen molar-refractivity contribution in [1.82, 2.24) is 4.90 Å². The minimum absolute atomic E-state index is 0. The molecule has 1 N–H and O–H groups in total. The Morgan fingerprint density at radius 3 is 2.54 bits per heavy atom. The molecule has 0 radical (unpaired) electrons. The van der Waals surface area contributed by atoms with Gasteiger partial charge in [-0.3, -0.25) is 9.59 Å². The summed E-state index contributed by atoms with van der Waals surface area (Å²) in [5, 5.41) is 0. The molecule has 0 aromatic heterocycles. The van der Waals surface area contributed by atoms with Crippen molar-refractivity contribution in [3.8, 4) is 5.75 Å². The number of anilines is 1. The van der Waals surface area contributed by atoms with Crippen molar-refractivity contribution in [2.45, 2.75) is 25.9 Å². The number of carbonyl (C=O) groups is 2. The number of piperazine rings is 1. The lowest BCUT2D eigenvalue weighted by molar-refractivity contribution is -0.903. The predicted octanol–water partition coefficient (Wildman–Crippen LogP) is -3.04. The summed E-state index contributed by atoms with van der Waals surface area (Å²) in [5.74, 6) is 0.785. The number of rotatable bonds is 7. The molecule has 28 heavy (non-hydrogen) atoms. The molecule has 1 aromatic rings. The van der Waals surface area contributed by atoms with Gasteiger partial charge in [0.05, 0.1) is 45.5 Å². The van der Waals surface area contributed by atoms with Gasteiger partial charge in [-0.1, -0.05) is 12.1 Å². The van der Waals surface area contributed by atoms with Crippen LogP contribution in [0.3, 0.4) is 0 Å². The normalized spacial score (nSPS) is 18.6. The number of halogens is 1. The first-order chi connectivity index (χ1) is 13.1. The quantitative estimate of drug-likeness (QED) is 0.483. The van der Waals surface area contributed by atoms with Gasteiger partial charge in [0.25, 0.3) is 0 Å². The van der Waals surface area contributed by atoms with Crippen LogP contribution in [-0.2, 0) is 14.3 Å². The molecular weight excluding hydrogens is 382 g/mol. The number of likely N-dealkylation sites (tertiary alicyclic amines) is 1. The Morgan fingerprint density at radius 1 is 1.21 bits per heavy atom. The number of quaternary nitrogens is 1. The zero-order chi connectivity index (χ0) is 19.2. The van der Waals surface area contributed by atoms with Crippen LogP contribution in [0.4, 0.5) is 5.69 Å². The molecule has 3 rings (SSSR count). The highest BCUT2D eigenvalue weighted by Crippen LogP contribution is 2.27. The average molecular weight is 412 g/mol. The summed E-state index contributed by atoms with van der Waals surface area (Å²) in [6.07, 6.45) is 1.27. The fraction of sp³-hybridized carbons (Fsp3) is 0.600. The van der Waals surface area contributed by atoms with E-state index >= 15 is 0 Å². The summed E-state index contributed by atoms with van der Waals surface area (Å²) in [7, 11) is 1.70. The van der Waals surface area contributed by atoms with E-state index in [2.05, 4.69) is 11.0 Å². The summed E-state index contributed by atoms with van der Waals surface area (Å²) < 4.78 is 11.0. The molecule has 8 heteroatoms. The highest BCUT2D eigenvalue weighted by molar-refractivity contribution is 5.78. The van der Waals surface area contributed by atoms with Gasteiger partial charge in [-0.25, -0.2) is 0 Å². The van der Waals surface area contributed by atoms with Crippen LogP contribution in [0, 0.1) is 0 Å². The van der Waals surface area contributed by atoms with E-state index in [-0.39, 0.29) is 30.4 Å². The van der Waals surface area contributed by atoms with E-state index in [0.29, 0.717) is 13.0 Å². The zero-order valence-corrected chi connectivity index (χ0v) is 17.4. The largest absolute Gasteiger partial charge is 1.00 e. The Bertz CT molecular complexity index is 665. The number of hydrogen-bond donors (Lipinski definition) is 1. The third-order valence-electron chi connectivity index (χ3n) is 5.34. The van der Waals surface area contributed by atoms with Gasteiger partial charge in [0, 0.05) is 19.9 Å². The Morgan fingerprint density at radius 2 is 1.93 bits per heavy atom. The lowest BCUT2D eigenvalue weighted by Crippen LogP contribution is -3.16. The highest BCUT2D eigenvalue weighted by atomic mass is 35.5. The molecule has 1 aromatic carbocycles. The van der Waals surface area contributed by atoms with Gasteiger partial charge in [-0.2, -0.15) is 0 Å². The SMILES string of the molecule is COc1ccccc1N1CC[NH+](CC(CN2CCCC2=O)OC(C)=O)CC1.[Cl-]. The van der Waals surface area contributed by atoms with Crippen molar-refractivity contribution in [3.05, 3.63) is 24.3 Å². The number of para-hydroxylation sites is 2. The Labute approximate surface area is 173 Å². The van der Waals surface area contributed by atoms with E-state index in [1.807, 2.05) is 23.1 Å². The standard InChI is InChI=1S/C20H29N3O4.ClH/c1-16(24)27-17(15-23-9-5-8-20(23)25)14-21-10-12-22(13-11-21)18-6-3-4-7-19(18)26-2;/h3-4,6-7,17H,5,8-15H2,1-2H3;1H. The van der Waals surface area contributed by atoms with Crippen molar-refractivity contribution >= 4 is 17.6 Å². The molecule has 2 aliphatic rings. The van der Waals surface area contributed by atoms with E-state index in [1.165, 1.54) is 11.8 Å². The minimum atomic E-state index is -0.279. The molecular formula is C20H30ClN3O4. The second-order valence-corrected chi connectivity index (χ2v) is 7.29. The molecule has 0 aliphatic carbocycles. The fourth-order valence-corrected chi connectivity index (χ4v) is 4.00. The van der Waals surface area contributed by atoms with Crippen LogP contribution in [0.2, 0.25) is 0 Å².